The van der Waals surface area contributed by atoms with E-state index in [0.717, 1.165) is 6.42 Å². The smallest absolute Gasteiger partial charge is 0.269 e. The Hall–Kier alpha value is -7.41. The molecule has 0 atom stereocenters. The molecule has 1 aromatic heterocycles. The molecule has 1 heterocycles. The van der Waals surface area contributed by atoms with Gasteiger partial charge in [-0.05, 0) is 92.6 Å². The molecule has 0 bridgehead atoms. The lowest BCUT2D eigenvalue weighted by Crippen LogP contribution is -2.41. The molecule has 0 aliphatic heterocycles. The van der Waals surface area contributed by atoms with Gasteiger partial charge in [0.15, 0.2) is 12.1 Å². The van der Waals surface area contributed by atoms with Crippen molar-refractivity contribution in [3.8, 4) is 24.2 Å². The molecule has 0 saturated carbocycles. The number of hydrogen-bond acceptors (Lipinski definition) is 14. The number of aryl methyl sites for hydroxylation is 2. The number of nitrogens with zero attached hydrogens (tertiary/aromatic N) is 3. The number of pyridine rings is 1. The van der Waals surface area contributed by atoms with E-state index in [9.17, 15) is 63.9 Å². The molecule has 20 nitrogen and oxygen atoms in total. The van der Waals surface area contributed by atoms with Gasteiger partial charge in [-0.3, -0.25) is 23.7 Å². The minimum absolute atomic E-state index is 0.0120. The maximum Gasteiger partial charge on any atom is 0.269 e. The van der Waals surface area contributed by atoms with E-state index in [1.807, 2.05) is 0 Å². The van der Waals surface area contributed by atoms with Gasteiger partial charge in [-0.2, -0.15) is 18.2 Å². The molecule has 5 N–H and O–H groups in total. The van der Waals surface area contributed by atoms with E-state index in [2.05, 4.69) is 21.9 Å². The summed E-state index contributed by atoms with van der Waals surface area (Å²) in [7, 11) is -13.7. The minimum Gasteiger partial charge on any atom is -0.748 e. The van der Waals surface area contributed by atoms with Crippen LogP contribution < -0.4 is 25.3 Å². The second-order valence-electron chi connectivity index (χ2n) is 17.2. The van der Waals surface area contributed by atoms with Crippen LogP contribution in [0.1, 0.15) is 80.1 Å². The third-order valence-electron chi connectivity index (χ3n) is 11.6. The molecule has 5 aromatic rings. The lowest BCUT2D eigenvalue weighted by atomic mass is 10.0. The van der Waals surface area contributed by atoms with Crippen LogP contribution in [-0.4, -0.2) is 105 Å². The second kappa shape index (κ2) is 27.8. The minimum atomic E-state index is -4.67. The van der Waals surface area contributed by atoms with Crippen molar-refractivity contribution in [2.75, 3.05) is 43.1 Å². The van der Waals surface area contributed by atoms with Gasteiger partial charge in [-0.25, -0.2) is 21.1 Å². The molecule has 4 aromatic carbocycles. The summed E-state index contributed by atoms with van der Waals surface area (Å²) in [5.74, 6) is -1.09. The Bertz CT molecular complexity index is 3260. The van der Waals surface area contributed by atoms with Gasteiger partial charge in [0.2, 0.25) is 22.8 Å². The number of amides is 4. The number of anilines is 1. The standard InChI is InChI=1S/C52H58N6O14S3/c1-2-3-19-47(59)44(37-53)51(62)56-39-24-26-40(27-25-39)72-34-10-4-5-20-48(60)54-30-31-55-49(61)21-11-14-38-22-28-41(29-23-38)75(70,71)58(33-13-36-74(67,68)69)52(63)50-42-15-6-8-17-45(42)57(32-12-35-73(64,65)66)46-18-9-7-16-43(46)50/h1,6-9,15-18,22-29H,3-5,10-14,19-21,30-36H2,(H5-,54,55,56,59,60,61,62,64,65,66,67,68,69). The van der Waals surface area contributed by atoms with Crippen molar-refractivity contribution >= 4 is 81.4 Å². The summed E-state index contributed by atoms with van der Waals surface area (Å²) in [6, 6.07) is 27.0. The lowest BCUT2D eigenvalue weighted by molar-refractivity contribution is -0.645. The molecule has 23 heteroatoms. The van der Waals surface area contributed by atoms with Gasteiger partial charge >= 0.3 is 0 Å². The number of fused-ring (bicyclic) bond motifs is 2. The van der Waals surface area contributed by atoms with Crippen LogP contribution in [0.25, 0.3) is 21.8 Å². The largest absolute Gasteiger partial charge is 0.748 e. The molecule has 0 aliphatic carbocycles. The maximum atomic E-state index is 14.7. The van der Waals surface area contributed by atoms with Crippen molar-refractivity contribution in [1.29, 1.82) is 5.26 Å². The molecule has 0 aliphatic rings. The van der Waals surface area contributed by atoms with Crippen LogP contribution >= 0.6 is 0 Å². The molecule has 0 fully saturated rings. The number of carbonyl (C=O) groups is 4. The van der Waals surface area contributed by atoms with Crippen molar-refractivity contribution in [3.63, 3.8) is 0 Å². The van der Waals surface area contributed by atoms with Gasteiger partial charge in [0, 0.05) is 75.3 Å². The topological polar surface area (TPSA) is 310 Å². The van der Waals surface area contributed by atoms with E-state index in [4.69, 9.17) is 11.2 Å². The van der Waals surface area contributed by atoms with Crippen molar-refractivity contribution in [3.05, 3.63) is 120 Å². The molecule has 0 saturated heterocycles. The summed E-state index contributed by atoms with van der Waals surface area (Å²) >= 11 is 0. The van der Waals surface area contributed by atoms with Crippen LogP contribution in [0.3, 0.4) is 0 Å². The number of nitriles is 1. The number of benzene rings is 4. The van der Waals surface area contributed by atoms with E-state index in [-0.39, 0.29) is 79.8 Å². The first kappa shape index (κ1) is 58.5. The van der Waals surface area contributed by atoms with Crippen LogP contribution in [0.4, 0.5) is 5.69 Å². The molecule has 0 radical (unpaired) electrons. The summed E-state index contributed by atoms with van der Waals surface area (Å²) in [6.07, 6.45) is 8.14. The second-order valence-corrected chi connectivity index (χ2v) is 22.1. The highest BCUT2D eigenvalue weighted by Gasteiger charge is 2.34. The van der Waals surface area contributed by atoms with Gasteiger partial charge in [-0.15, -0.1) is 12.3 Å². The number of para-hydroxylation sites is 2. The third kappa shape index (κ3) is 17.9. The van der Waals surface area contributed by atoms with Crippen LogP contribution in [0.5, 0.6) is 5.75 Å². The number of rotatable bonds is 29. The average Bonchev–Trinajstić information content (AvgIpc) is 3.36. The van der Waals surface area contributed by atoms with Crippen LogP contribution in [0.15, 0.2) is 113 Å². The highest BCUT2D eigenvalue weighted by atomic mass is 32.2. The normalized spacial score (nSPS) is 12.0. The van der Waals surface area contributed by atoms with Crippen molar-refractivity contribution < 1.29 is 67.9 Å². The van der Waals surface area contributed by atoms with E-state index >= 15 is 0 Å². The van der Waals surface area contributed by atoms with E-state index in [1.54, 1.807) is 95.6 Å². The first-order valence-electron chi connectivity index (χ1n) is 23.9. The Morgan fingerprint density at radius 2 is 1.33 bits per heavy atom. The first-order valence-corrected chi connectivity index (χ1v) is 28.6. The van der Waals surface area contributed by atoms with Crippen LogP contribution in [0, 0.1) is 23.7 Å². The zero-order valence-corrected chi connectivity index (χ0v) is 43.4. The predicted octanol–water partition coefficient (Wildman–Crippen LogP) is 5.21. The van der Waals surface area contributed by atoms with Crippen LogP contribution in [0.2, 0.25) is 0 Å². The van der Waals surface area contributed by atoms with E-state index in [0.29, 0.717) is 75.4 Å². The highest BCUT2D eigenvalue weighted by molar-refractivity contribution is 7.89. The number of sulfonamides is 1. The Kier molecular flexibility index (Phi) is 21.6. The molecule has 5 rings (SSSR count). The molecule has 0 spiro atoms. The summed E-state index contributed by atoms with van der Waals surface area (Å²) in [5.41, 5.74) is 1.55. The number of terminal acetylenes is 1. The Balaban J connectivity index is 1.07. The number of hydrogen-bond donors (Lipinski definition) is 5. The van der Waals surface area contributed by atoms with Crippen molar-refractivity contribution in [1.82, 2.24) is 14.9 Å². The molecule has 4 amide bonds. The maximum absolute atomic E-state index is 14.7. The average molecular weight is 1090 g/mol. The Morgan fingerprint density at radius 3 is 1.91 bits per heavy atom. The highest BCUT2D eigenvalue weighted by Crippen LogP contribution is 2.29. The zero-order valence-electron chi connectivity index (χ0n) is 40.9. The van der Waals surface area contributed by atoms with Gasteiger partial charge in [0.25, 0.3) is 32.0 Å². The zero-order chi connectivity index (χ0) is 54.6. The fourth-order valence-corrected chi connectivity index (χ4v) is 10.4. The van der Waals surface area contributed by atoms with Crippen LogP contribution in [-0.2, 0) is 57.6 Å². The summed E-state index contributed by atoms with van der Waals surface area (Å²) in [5, 5.41) is 27.9. The molecular formula is C52H58N6O14S3. The van der Waals surface area contributed by atoms with E-state index in [1.165, 1.54) is 12.1 Å². The SMILES string of the molecule is C#CCC/C(O)=C(\C#N)C(=O)Nc1ccc(OCCCCCC(=O)NCCNC(=O)CCCc2ccc(S(=O)(=O)N(CCCS(=O)(=O)O)C(=O)c3c4ccccc4[n+](CCCS(=O)(=O)[O-])c4ccccc34)cc2)cc1. The van der Waals surface area contributed by atoms with Gasteiger partial charge in [0.1, 0.15) is 17.6 Å². The Morgan fingerprint density at radius 1 is 0.733 bits per heavy atom. The first-order chi connectivity index (χ1) is 35.7. The Labute approximate surface area is 436 Å². The quantitative estimate of drug-likeness (QED) is 0.00600. The van der Waals surface area contributed by atoms with Gasteiger partial charge < -0.3 is 30.3 Å². The predicted molar refractivity (Wildman–Crippen MR) is 278 cm³/mol. The molecule has 0 unspecified atom stereocenters. The molecule has 398 valence electrons. The number of carbonyl (C=O) groups excluding carboxylic acids is 4. The third-order valence-corrected chi connectivity index (χ3v) is 15.0. The number of ether oxygens (including phenoxy) is 1. The van der Waals surface area contributed by atoms with Crippen molar-refractivity contribution in [2.24, 2.45) is 0 Å². The molecular weight excluding hydrogens is 1030 g/mol. The lowest BCUT2D eigenvalue weighted by Gasteiger charge is -2.24. The number of aromatic nitrogens is 1. The summed E-state index contributed by atoms with van der Waals surface area (Å²) < 4.78 is 104. The summed E-state index contributed by atoms with van der Waals surface area (Å²) in [4.78, 5) is 51.7. The number of unbranched alkanes of at least 4 members (excludes halogenated alkanes) is 2. The number of aliphatic hydroxyl groups is 1. The monoisotopic (exact) mass is 1090 g/mol. The number of aliphatic hydroxyl groups excluding tert-OH is 1. The number of allylic oxidation sites excluding steroid dienone is 1. The van der Waals surface area contributed by atoms with Crippen molar-refractivity contribution in [2.45, 2.75) is 82.1 Å². The van der Waals surface area contributed by atoms with Gasteiger partial charge in [-0.1, -0.05) is 36.4 Å². The fourth-order valence-electron chi connectivity index (χ4n) is 7.97. The summed E-state index contributed by atoms with van der Waals surface area (Å²) in [6.45, 7) is 0.296. The molecule has 75 heavy (non-hydrogen) atoms. The van der Waals surface area contributed by atoms with E-state index < -0.39 is 72.1 Å². The number of nitrogens with one attached hydrogen (secondary N) is 3. The van der Waals surface area contributed by atoms with Gasteiger partial charge in [0.05, 0.1) is 43.7 Å². The fraction of sp³-hybridized carbons (Fsp3) is 0.346.